The third-order valence-corrected chi connectivity index (χ3v) is 4.14. The molecule has 2 aromatic heterocycles. The van der Waals surface area contributed by atoms with Crippen LogP contribution >= 0.6 is 15.9 Å². The smallest absolute Gasteiger partial charge is 0.251 e. The molecule has 3 nitrogen and oxygen atoms in total. The molecule has 0 amide bonds. The Morgan fingerprint density at radius 2 is 1.95 bits per heavy atom. The van der Waals surface area contributed by atoms with E-state index >= 15 is 0 Å². The Bertz CT molecular complexity index is 858. The highest BCUT2D eigenvalue weighted by atomic mass is 79.9. The lowest BCUT2D eigenvalue weighted by molar-refractivity contribution is 0.576. The number of hydrogen-bond acceptors (Lipinski definition) is 2. The van der Waals surface area contributed by atoms with E-state index in [9.17, 15) is 4.79 Å². The summed E-state index contributed by atoms with van der Waals surface area (Å²) in [5.41, 5.74) is 3.93. The molecule has 0 radical (unpaired) electrons. The first-order valence-electron chi connectivity index (χ1n) is 6.11. The molecule has 98 valence electrons. The van der Waals surface area contributed by atoms with Gasteiger partial charge in [-0.25, -0.2) is 0 Å². The van der Waals surface area contributed by atoms with Gasteiger partial charge in [-0.2, -0.15) is 0 Å². The number of hydrogen-bond donors (Lipinski definition) is 0. The fraction of sp³-hybridized carbons (Fsp3) is 0.267. The molecule has 3 rings (SSSR count). The van der Waals surface area contributed by atoms with Gasteiger partial charge in [0.25, 0.3) is 5.56 Å². The summed E-state index contributed by atoms with van der Waals surface area (Å²) in [6.45, 7) is 3.96. The van der Waals surface area contributed by atoms with Crippen LogP contribution in [0.5, 0.6) is 0 Å². The first-order chi connectivity index (χ1) is 9.02. The molecule has 0 spiro atoms. The number of furan rings is 1. The molecule has 19 heavy (non-hydrogen) atoms. The molecule has 0 saturated carbocycles. The van der Waals surface area contributed by atoms with Crippen LogP contribution in [0.4, 0.5) is 0 Å². The van der Waals surface area contributed by atoms with Crippen molar-refractivity contribution in [3.63, 3.8) is 0 Å². The molecule has 0 bridgehead atoms. The normalized spacial score (nSPS) is 11.6. The van der Waals surface area contributed by atoms with Crippen molar-refractivity contribution in [1.29, 1.82) is 0 Å². The van der Waals surface area contributed by atoms with Crippen LogP contribution in [0.25, 0.3) is 21.9 Å². The number of pyridine rings is 1. The van der Waals surface area contributed by atoms with E-state index in [1.54, 1.807) is 17.7 Å². The summed E-state index contributed by atoms with van der Waals surface area (Å²) >= 11 is 3.46. The molecule has 0 aliphatic heterocycles. The quantitative estimate of drug-likeness (QED) is 0.639. The van der Waals surface area contributed by atoms with Crippen LogP contribution in [-0.2, 0) is 12.4 Å². The molecular formula is C15H14BrNO2. The van der Waals surface area contributed by atoms with Crippen molar-refractivity contribution in [3.05, 3.63) is 45.4 Å². The van der Waals surface area contributed by atoms with E-state index in [-0.39, 0.29) is 5.56 Å². The van der Waals surface area contributed by atoms with Gasteiger partial charge in [0.2, 0.25) is 0 Å². The highest BCUT2D eigenvalue weighted by Gasteiger charge is 2.14. The van der Waals surface area contributed by atoms with Crippen molar-refractivity contribution in [2.45, 2.75) is 19.2 Å². The van der Waals surface area contributed by atoms with Crippen molar-refractivity contribution in [2.24, 2.45) is 7.05 Å². The molecule has 3 aromatic rings. The lowest BCUT2D eigenvalue weighted by atomic mass is 10.0. The summed E-state index contributed by atoms with van der Waals surface area (Å²) in [5.74, 6) is 0.863. The minimum absolute atomic E-state index is 0.00551. The van der Waals surface area contributed by atoms with Gasteiger partial charge in [-0.1, -0.05) is 15.9 Å². The summed E-state index contributed by atoms with van der Waals surface area (Å²) in [6, 6.07) is 5.79. The number of aryl methyl sites for hydroxylation is 3. The maximum Gasteiger partial charge on any atom is 0.251 e. The number of fused-ring (bicyclic) bond motifs is 3. The maximum absolute atomic E-state index is 12.1. The van der Waals surface area contributed by atoms with Gasteiger partial charge in [0.15, 0.2) is 0 Å². The molecule has 0 aliphatic carbocycles. The zero-order valence-corrected chi connectivity index (χ0v) is 12.7. The van der Waals surface area contributed by atoms with Crippen LogP contribution in [0.3, 0.4) is 0 Å². The van der Waals surface area contributed by atoms with Crippen molar-refractivity contribution >= 4 is 37.8 Å². The molecule has 4 heteroatoms. The van der Waals surface area contributed by atoms with Gasteiger partial charge in [0.05, 0.1) is 5.52 Å². The minimum atomic E-state index is 0.00551. The Morgan fingerprint density at radius 1 is 1.21 bits per heavy atom. The Kier molecular flexibility index (Phi) is 2.78. The van der Waals surface area contributed by atoms with Crippen molar-refractivity contribution in [1.82, 2.24) is 4.57 Å². The molecule has 1 aromatic carbocycles. The van der Waals surface area contributed by atoms with Gasteiger partial charge in [0.1, 0.15) is 11.3 Å². The lowest BCUT2D eigenvalue weighted by Crippen LogP contribution is -2.17. The van der Waals surface area contributed by atoms with Gasteiger partial charge in [-0.05, 0) is 37.1 Å². The highest BCUT2D eigenvalue weighted by molar-refractivity contribution is 9.08. The number of aromatic nitrogens is 1. The van der Waals surface area contributed by atoms with Crippen LogP contribution < -0.4 is 5.56 Å². The van der Waals surface area contributed by atoms with Gasteiger partial charge in [0, 0.05) is 29.2 Å². The minimum Gasteiger partial charge on any atom is -0.461 e. The number of halogens is 1. The topological polar surface area (TPSA) is 35.1 Å². The third kappa shape index (κ3) is 1.74. The molecule has 0 unspecified atom stereocenters. The van der Waals surface area contributed by atoms with Gasteiger partial charge >= 0.3 is 0 Å². The summed E-state index contributed by atoms with van der Waals surface area (Å²) in [4.78, 5) is 12.1. The fourth-order valence-corrected chi connectivity index (χ4v) is 3.09. The summed E-state index contributed by atoms with van der Waals surface area (Å²) in [6.07, 6.45) is 0. The van der Waals surface area contributed by atoms with Gasteiger partial charge in [-0.15, -0.1) is 0 Å². The number of rotatable bonds is 1. The average molecular weight is 320 g/mol. The zero-order chi connectivity index (χ0) is 13.7. The number of nitrogens with zero attached hydrogens (tertiary/aromatic N) is 1. The van der Waals surface area contributed by atoms with Crippen molar-refractivity contribution < 1.29 is 4.42 Å². The Hall–Kier alpha value is -1.55. The second-order valence-corrected chi connectivity index (χ2v) is 5.45. The van der Waals surface area contributed by atoms with Gasteiger partial charge < -0.3 is 8.98 Å². The van der Waals surface area contributed by atoms with E-state index in [1.165, 1.54) is 0 Å². The predicted octanol–water partition coefficient (Wildman–Crippen LogP) is 3.80. The van der Waals surface area contributed by atoms with E-state index < -0.39 is 0 Å². The second kappa shape index (κ2) is 4.23. The molecule has 0 saturated heterocycles. The van der Waals surface area contributed by atoms with E-state index in [2.05, 4.69) is 22.0 Å². The van der Waals surface area contributed by atoms with Gasteiger partial charge in [-0.3, -0.25) is 4.79 Å². The average Bonchev–Trinajstić information content (AvgIpc) is 2.76. The molecule has 0 aliphatic rings. The monoisotopic (exact) mass is 319 g/mol. The highest BCUT2D eigenvalue weighted by Crippen LogP contribution is 2.32. The number of benzene rings is 1. The van der Waals surface area contributed by atoms with Crippen molar-refractivity contribution in [2.75, 3.05) is 0 Å². The summed E-state index contributed by atoms with van der Waals surface area (Å²) < 4.78 is 7.44. The van der Waals surface area contributed by atoms with Crippen LogP contribution in [0.1, 0.15) is 16.9 Å². The molecule has 0 N–H and O–H groups in total. The second-order valence-electron chi connectivity index (χ2n) is 4.89. The molecule has 0 atom stereocenters. The van der Waals surface area contributed by atoms with Crippen LogP contribution in [0, 0.1) is 13.8 Å². The van der Waals surface area contributed by atoms with E-state index in [4.69, 9.17) is 4.42 Å². The Morgan fingerprint density at radius 3 is 2.63 bits per heavy atom. The standard InChI is InChI=1S/C15H14BrNO2/c1-8-4-11-10(7-16)6-13(18)17(3)14(11)12-5-9(2)19-15(8)12/h4-6H,7H2,1-3H3. The van der Waals surface area contributed by atoms with Crippen LogP contribution in [0.2, 0.25) is 0 Å². The first-order valence-corrected chi connectivity index (χ1v) is 7.23. The molecule has 2 heterocycles. The Balaban J connectivity index is 2.68. The maximum atomic E-state index is 12.1. The van der Waals surface area contributed by atoms with E-state index in [0.717, 1.165) is 38.8 Å². The van der Waals surface area contributed by atoms with E-state index in [0.29, 0.717) is 5.33 Å². The Labute approximate surface area is 119 Å². The lowest BCUT2D eigenvalue weighted by Gasteiger charge is -2.10. The summed E-state index contributed by atoms with van der Waals surface area (Å²) in [5, 5.41) is 2.78. The molecular weight excluding hydrogens is 306 g/mol. The largest absolute Gasteiger partial charge is 0.461 e. The van der Waals surface area contributed by atoms with Crippen molar-refractivity contribution in [3.8, 4) is 0 Å². The summed E-state index contributed by atoms with van der Waals surface area (Å²) in [7, 11) is 1.81. The van der Waals surface area contributed by atoms with E-state index in [1.807, 2.05) is 19.9 Å². The zero-order valence-electron chi connectivity index (χ0n) is 11.1. The first kappa shape index (κ1) is 12.5. The predicted molar refractivity (Wildman–Crippen MR) is 81.1 cm³/mol. The van der Waals surface area contributed by atoms with Crippen LogP contribution in [0.15, 0.2) is 27.4 Å². The SMILES string of the molecule is Cc1cc2c(o1)c(C)cc1c(CBr)cc(=O)n(C)c12. The third-order valence-electron chi connectivity index (χ3n) is 3.54. The fourth-order valence-electron chi connectivity index (χ4n) is 2.63. The molecule has 0 fully saturated rings. The van der Waals surface area contributed by atoms with Crippen LogP contribution in [-0.4, -0.2) is 4.57 Å². The number of alkyl halides is 1.